The van der Waals surface area contributed by atoms with Crippen molar-refractivity contribution in [2.75, 3.05) is 25.4 Å². The molecule has 166 valence electrons. The Morgan fingerprint density at radius 1 is 1.16 bits per heavy atom. The van der Waals surface area contributed by atoms with E-state index in [1.165, 1.54) is 12.1 Å². The third kappa shape index (κ3) is 7.90. The summed E-state index contributed by atoms with van der Waals surface area (Å²) in [6.45, 7) is 5.79. The summed E-state index contributed by atoms with van der Waals surface area (Å²) in [5.74, 6) is 1.80. The second-order valence-electron chi connectivity index (χ2n) is 7.52. The van der Waals surface area contributed by atoms with E-state index in [1.54, 1.807) is 11.8 Å². The maximum Gasteiger partial charge on any atom is 0.222 e. The van der Waals surface area contributed by atoms with Crippen molar-refractivity contribution in [1.29, 1.82) is 0 Å². The average molecular weight is 443 g/mol. The van der Waals surface area contributed by atoms with Crippen molar-refractivity contribution >= 4 is 23.6 Å². The van der Waals surface area contributed by atoms with Crippen LogP contribution in [0.2, 0.25) is 0 Å². The van der Waals surface area contributed by atoms with Crippen LogP contribution in [0.3, 0.4) is 0 Å². The van der Waals surface area contributed by atoms with Crippen LogP contribution >= 0.6 is 11.8 Å². The van der Waals surface area contributed by atoms with Gasteiger partial charge in [-0.25, -0.2) is 9.38 Å². The predicted molar refractivity (Wildman–Crippen MR) is 126 cm³/mol. The molecule has 7 heteroatoms. The molecule has 31 heavy (non-hydrogen) atoms. The molecule has 5 nitrogen and oxygen atoms in total. The summed E-state index contributed by atoms with van der Waals surface area (Å²) in [5, 5.41) is 6.66. The lowest BCUT2D eigenvalue weighted by Gasteiger charge is -2.16. The second-order valence-corrected chi connectivity index (χ2v) is 8.69. The van der Waals surface area contributed by atoms with Gasteiger partial charge in [0.1, 0.15) is 5.82 Å². The number of benzene rings is 2. The van der Waals surface area contributed by atoms with Crippen LogP contribution in [0.15, 0.2) is 58.4 Å². The Balaban J connectivity index is 1.44. The fraction of sp³-hybridized carbons (Fsp3) is 0.417. The van der Waals surface area contributed by atoms with Gasteiger partial charge < -0.3 is 15.5 Å². The molecule has 3 rings (SSSR count). The van der Waals surface area contributed by atoms with Crippen LogP contribution in [0, 0.1) is 5.82 Å². The largest absolute Gasteiger partial charge is 0.357 e. The Morgan fingerprint density at radius 3 is 2.71 bits per heavy atom. The highest BCUT2D eigenvalue weighted by Gasteiger charge is 2.19. The van der Waals surface area contributed by atoms with E-state index >= 15 is 0 Å². The Labute approximate surface area is 188 Å². The summed E-state index contributed by atoms with van der Waals surface area (Å²) in [5.41, 5.74) is 2.28. The van der Waals surface area contributed by atoms with Crippen molar-refractivity contribution in [3.05, 3.63) is 65.5 Å². The highest BCUT2D eigenvalue weighted by Crippen LogP contribution is 2.18. The summed E-state index contributed by atoms with van der Waals surface area (Å²) in [7, 11) is 0. The maximum absolute atomic E-state index is 13.0. The highest BCUT2D eigenvalue weighted by atomic mass is 32.2. The third-order valence-electron chi connectivity index (χ3n) is 5.00. The number of nitrogens with one attached hydrogen (secondary N) is 2. The Bertz CT molecular complexity index is 872. The zero-order chi connectivity index (χ0) is 21.9. The first-order valence-electron chi connectivity index (χ1n) is 10.9. The molecule has 0 aliphatic carbocycles. The van der Waals surface area contributed by atoms with Gasteiger partial charge in [0, 0.05) is 37.5 Å². The number of hydrogen-bond donors (Lipinski definition) is 2. The first kappa shape index (κ1) is 23.1. The smallest absolute Gasteiger partial charge is 0.222 e. The van der Waals surface area contributed by atoms with E-state index in [4.69, 9.17) is 4.99 Å². The molecule has 0 bridgehead atoms. The zero-order valence-electron chi connectivity index (χ0n) is 18.1. The molecule has 0 spiro atoms. The molecule has 0 unspecified atom stereocenters. The maximum atomic E-state index is 13.0. The Hall–Kier alpha value is -2.54. The Kier molecular flexibility index (Phi) is 9.21. The van der Waals surface area contributed by atoms with Gasteiger partial charge in [0.05, 0.1) is 6.54 Å². The third-order valence-corrected chi connectivity index (χ3v) is 6.09. The van der Waals surface area contributed by atoms with Crippen molar-refractivity contribution in [3.63, 3.8) is 0 Å². The molecule has 1 heterocycles. The van der Waals surface area contributed by atoms with Crippen LogP contribution in [0.5, 0.6) is 0 Å². The molecule has 1 amide bonds. The molecular weight excluding hydrogens is 411 g/mol. The number of likely N-dealkylation sites (tertiary alicyclic amines) is 1. The molecule has 0 saturated carbocycles. The topological polar surface area (TPSA) is 56.7 Å². The van der Waals surface area contributed by atoms with Gasteiger partial charge in [0.25, 0.3) is 0 Å². The molecule has 1 aliphatic rings. The molecular formula is C24H31FN4OS. The zero-order valence-corrected chi connectivity index (χ0v) is 18.9. The van der Waals surface area contributed by atoms with Gasteiger partial charge >= 0.3 is 0 Å². The number of aliphatic imine (C=N–C) groups is 1. The fourth-order valence-electron chi connectivity index (χ4n) is 3.43. The summed E-state index contributed by atoms with van der Waals surface area (Å²) < 4.78 is 13.0. The molecule has 1 fully saturated rings. The number of nitrogens with zero attached hydrogens (tertiary/aromatic N) is 2. The number of hydrogen-bond acceptors (Lipinski definition) is 3. The minimum Gasteiger partial charge on any atom is -0.357 e. The molecule has 1 aliphatic heterocycles. The van der Waals surface area contributed by atoms with Gasteiger partial charge in [0.2, 0.25) is 5.91 Å². The first-order valence-corrected chi connectivity index (χ1v) is 11.9. The van der Waals surface area contributed by atoms with Gasteiger partial charge in [0.15, 0.2) is 5.96 Å². The van der Waals surface area contributed by atoms with Crippen LogP contribution in [0.25, 0.3) is 0 Å². The summed E-state index contributed by atoms with van der Waals surface area (Å²) in [6.07, 6.45) is 2.61. The van der Waals surface area contributed by atoms with Crippen molar-refractivity contribution < 1.29 is 9.18 Å². The summed E-state index contributed by atoms with van der Waals surface area (Å²) in [4.78, 5) is 19.6. The number of carbonyl (C=O) groups is 1. The average Bonchev–Trinajstić information content (AvgIpc) is 3.17. The van der Waals surface area contributed by atoms with Crippen molar-refractivity contribution in [2.45, 2.75) is 44.2 Å². The van der Waals surface area contributed by atoms with Crippen LogP contribution in [-0.2, 0) is 17.9 Å². The minimum atomic E-state index is -0.201. The second kappa shape index (κ2) is 12.3. The van der Waals surface area contributed by atoms with Gasteiger partial charge in [-0.1, -0.05) is 24.3 Å². The van der Waals surface area contributed by atoms with Crippen molar-refractivity contribution in [1.82, 2.24) is 15.5 Å². The van der Waals surface area contributed by atoms with E-state index < -0.39 is 0 Å². The van der Waals surface area contributed by atoms with E-state index in [9.17, 15) is 9.18 Å². The first-order chi connectivity index (χ1) is 15.1. The molecule has 0 atom stereocenters. The SMILES string of the molecule is CCNC(=NCc1cccc(CN2CCCC2=O)c1)NCCCSc1ccc(F)cc1. The molecule has 1 saturated heterocycles. The van der Waals surface area contributed by atoms with E-state index in [1.807, 2.05) is 23.1 Å². The molecule has 0 aromatic heterocycles. The minimum absolute atomic E-state index is 0.201. The molecule has 2 aromatic rings. The van der Waals surface area contributed by atoms with Gasteiger partial charge in [-0.2, -0.15) is 0 Å². The van der Waals surface area contributed by atoms with E-state index in [0.29, 0.717) is 19.5 Å². The molecule has 2 aromatic carbocycles. The quantitative estimate of drug-likeness (QED) is 0.251. The standard InChI is InChI=1S/C24H31FN4OS/c1-2-26-24(27-13-5-15-31-22-11-9-21(25)10-12-22)28-17-19-6-3-7-20(16-19)18-29-14-4-8-23(29)30/h3,6-7,9-12,16H,2,4-5,8,13-15,17-18H2,1H3,(H2,26,27,28). The van der Waals surface area contributed by atoms with Crippen LogP contribution < -0.4 is 10.6 Å². The number of amides is 1. The van der Waals surface area contributed by atoms with Crippen LogP contribution in [0.1, 0.15) is 37.3 Å². The van der Waals surface area contributed by atoms with E-state index in [0.717, 1.165) is 60.2 Å². The lowest BCUT2D eigenvalue weighted by Crippen LogP contribution is -2.37. The van der Waals surface area contributed by atoms with Gasteiger partial charge in [-0.3, -0.25) is 4.79 Å². The number of rotatable bonds is 10. The van der Waals surface area contributed by atoms with Crippen LogP contribution in [0.4, 0.5) is 4.39 Å². The monoisotopic (exact) mass is 442 g/mol. The summed E-state index contributed by atoms with van der Waals surface area (Å²) in [6, 6.07) is 14.9. The Morgan fingerprint density at radius 2 is 1.97 bits per heavy atom. The number of thioether (sulfide) groups is 1. The fourth-order valence-corrected chi connectivity index (χ4v) is 4.28. The van der Waals surface area contributed by atoms with Gasteiger partial charge in [-0.05, 0) is 60.9 Å². The van der Waals surface area contributed by atoms with Crippen molar-refractivity contribution in [3.8, 4) is 0 Å². The highest BCUT2D eigenvalue weighted by molar-refractivity contribution is 7.99. The predicted octanol–water partition coefficient (Wildman–Crippen LogP) is 4.19. The van der Waals surface area contributed by atoms with Gasteiger partial charge in [-0.15, -0.1) is 11.8 Å². The number of halogens is 1. The number of guanidine groups is 1. The lowest BCUT2D eigenvalue weighted by atomic mass is 10.1. The number of carbonyl (C=O) groups excluding carboxylic acids is 1. The molecule has 2 N–H and O–H groups in total. The summed E-state index contributed by atoms with van der Waals surface area (Å²) >= 11 is 1.72. The molecule has 0 radical (unpaired) electrons. The van der Waals surface area contributed by atoms with Crippen molar-refractivity contribution in [2.24, 2.45) is 4.99 Å². The van der Waals surface area contributed by atoms with Crippen LogP contribution in [-0.4, -0.2) is 42.2 Å². The van der Waals surface area contributed by atoms with E-state index in [-0.39, 0.29) is 11.7 Å². The normalized spacial score (nSPS) is 14.2. The van der Waals surface area contributed by atoms with E-state index in [2.05, 4.69) is 35.8 Å². The lowest BCUT2D eigenvalue weighted by molar-refractivity contribution is -0.128.